The Morgan fingerprint density at radius 3 is 2.74 bits per heavy atom. The fourth-order valence-corrected chi connectivity index (χ4v) is 3.12. The second-order valence-corrected chi connectivity index (χ2v) is 5.41. The zero-order valence-electron chi connectivity index (χ0n) is 11.5. The lowest BCUT2D eigenvalue weighted by molar-refractivity contribution is 0.240. The van der Waals surface area contributed by atoms with Crippen molar-refractivity contribution in [3.8, 4) is 5.75 Å². The number of hydrogen-bond donors (Lipinski definition) is 0. The first-order valence-corrected chi connectivity index (χ1v) is 7.22. The Kier molecular flexibility index (Phi) is 3.72. The number of hydrogen-bond acceptors (Lipinski definition) is 3. The Balaban J connectivity index is 1.78. The van der Waals surface area contributed by atoms with E-state index in [0.717, 1.165) is 23.8 Å². The highest BCUT2D eigenvalue weighted by atomic mass is 16.5. The van der Waals surface area contributed by atoms with Crippen LogP contribution in [0.25, 0.3) is 0 Å². The minimum Gasteiger partial charge on any atom is -0.496 e. The second-order valence-electron chi connectivity index (χ2n) is 5.41. The first kappa shape index (κ1) is 12.5. The smallest absolute Gasteiger partial charge is 0.220 e. The molecule has 0 aromatic heterocycles. The van der Waals surface area contributed by atoms with Gasteiger partial charge in [-0.3, -0.25) is 0 Å². The van der Waals surface area contributed by atoms with E-state index in [-0.39, 0.29) is 0 Å². The molecule has 0 spiro atoms. The van der Waals surface area contributed by atoms with Crippen LogP contribution in [0.3, 0.4) is 0 Å². The zero-order valence-corrected chi connectivity index (χ0v) is 11.5. The van der Waals surface area contributed by atoms with Gasteiger partial charge in [-0.2, -0.15) is 0 Å². The third-order valence-electron chi connectivity index (χ3n) is 4.21. The summed E-state index contributed by atoms with van der Waals surface area (Å²) in [5.74, 6) is 2.31. The monoisotopic (exact) mass is 259 g/mol. The summed E-state index contributed by atoms with van der Waals surface area (Å²) in [5.41, 5.74) is 0.975. The largest absolute Gasteiger partial charge is 0.496 e. The highest BCUT2D eigenvalue weighted by Gasteiger charge is 2.29. The zero-order chi connectivity index (χ0) is 13.1. The van der Waals surface area contributed by atoms with E-state index in [0.29, 0.717) is 12.0 Å². The molecule has 0 bridgehead atoms. The van der Waals surface area contributed by atoms with Crippen LogP contribution in [0.5, 0.6) is 5.75 Å². The van der Waals surface area contributed by atoms with Crippen molar-refractivity contribution in [1.82, 2.24) is 0 Å². The molecule has 1 atom stereocenters. The van der Waals surface area contributed by atoms with E-state index < -0.39 is 0 Å². The molecule has 0 N–H and O–H groups in total. The van der Waals surface area contributed by atoms with Crippen molar-refractivity contribution in [3.05, 3.63) is 29.8 Å². The maximum absolute atomic E-state index is 5.82. The number of methoxy groups -OCH3 is 1. The van der Waals surface area contributed by atoms with Crippen molar-refractivity contribution >= 4 is 5.90 Å². The second kappa shape index (κ2) is 5.64. The molecule has 1 aliphatic carbocycles. The number of nitrogens with zero attached hydrogens (tertiary/aromatic N) is 1. The van der Waals surface area contributed by atoms with Gasteiger partial charge in [-0.1, -0.05) is 31.4 Å². The van der Waals surface area contributed by atoms with Crippen LogP contribution >= 0.6 is 0 Å². The molecule has 1 aromatic carbocycles. The first-order chi connectivity index (χ1) is 9.38. The molecule has 1 aliphatic heterocycles. The Bertz CT molecular complexity index is 464. The van der Waals surface area contributed by atoms with Crippen LogP contribution in [0.4, 0.5) is 0 Å². The van der Waals surface area contributed by atoms with E-state index in [9.17, 15) is 0 Å². The number of para-hydroxylation sites is 1. The molecule has 0 saturated heterocycles. The van der Waals surface area contributed by atoms with Gasteiger partial charge in [0.25, 0.3) is 0 Å². The van der Waals surface area contributed by atoms with Gasteiger partial charge in [0.1, 0.15) is 12.4 Å². The normalized spacial score (nSPS) is 23.8. The minimum atomic E-state index is 0.347. The minimum absolute atomic E-state index is 0.347. The van der Waals surface area contributed by atoms with E-state index in [1.165, 1.54) is 32.1 Å². The van der Waals surface area contributed by atoms with E-state index in [1.54, 1.807) is 7.11 Å². The summed E-state index contributed by atoms with van der Waals surface area (Å²) in [5, 5.41) is 0. The third-order valence-corrected chi connectivity index (χ3v) is 4.21. The summed E-state index contributed by atoms with van der Waals surface area (Å²) < 4.78 is 11.2. The number of benzene rings is 1. The fourth-order valence-electron chi connectivity index (χ4n) is 3.12. The van der Waals surface area contributed by atoms with E-state index in [4.69, 9.17) is 14.5 Å². The Morgan fingerprint density at radius 1 is 1.16 bits per heavy atom. The lowest BCUT2D eigenvalue weighted by Crippen LogP contribution is -2.22. The van der Waals surface area contributed by atoms with Crippen LogP contribution < -0.4 is 4.74 Å². The molecule has 3 rings (SSSR count). The maximum Gasteiger partial charge on any atom is 0.220 e. The Hall–Kier alpha value is -1.51. The quantitative estimate of drug-likeness (QED) is 0.832. The van der Waals surface area contributed by atoms with Crippen LogP contribution in [0, 0.1) is 5.92 Å². The lowest BCUT2D eigenvalue weighted by Gasteiger charge is -2.24. The standard InChI is InChI=1S/C16H21NO2/c1-18-15-10-6-5-9-13(15)16-17-14(11-19-16)12-7-3-2-4-8-12/h5-6,9-10,12,14H,2-4,7-8,11H2,1H3. The molecule has 3 heteroatoms. The van der Waals surface area contributed by atoms with Gasteiger partial charge in [0.15, 0.2) is 0 Å². The van der Waals surface area contributed by atoms with Gasteiger partial charge in [-0.05, 0) is 30.9 Å². The van der Waals surface area contributed by atoms with E-state index in [2.05, 4.69) is 0 Å². The molecule has 0 amide bonds. The molecular weight excluding hydrogens is 238 g/mol. The molecule has 1 aromatic rings. The van der Waals surface area contributed by atoms with Crippen molar-refractivity contribution in [3.63, 3.8) is 0 Å². The molecule has 0 radical (unpaired) electrons. The molecule has 3 nitrogen and oxygen atoms in total. The summed E-state index contributed by atoms with van der Waals surface area (Å²) >= 11 is 0. The molecule has 1 unspecified atom stereocenters. The first-order valence-electron chi connectivity index (χ1n) is 7.22. The van der Waals surface area contributed by atoms with E-state index in [1.807, 2.05) is 24.3 Å². The summed E-state index contributed by atoms with van der Waals surface area (Å²) in [6.07, 6.45) is 6.68. The molecule has 1 heterocycles. The molecule has 1 fully saturated rings. The van der Waals surface area contributed by atoms with Gasteiger partial charge in [-0.25, -0.2) is 4.99 Å². The number of aliphatic imine (C=N–C) groups is 1. The van der Waals surface area contributed by atoms with Crippen molar-refractivity contribution in [2.45, 2.75) is 38.1 Å². The maximum atomic E-state index is 5.82. The average molecular weight is 259 g/mol. The summed E-state index contributed by atoms with van der Waals surface area (Å²) in [6.45, 7) is 0.734. The Morgan fingerprint density at radius 2 is 1.95 bits per heavy atom. The van der Waals surface area contributed by atoms with Crippen LogP contribution in [0.2, 0.25) is 0 Å². The summed E-state index contributed by atoms with van der Waals surface area (Å²) in [4.78, 5) is 4.80. The third kappa shape index (κ3) is 2.60. The van der Waals surface area contributed by atoms with Gasteiger partial charge in [0.2, 0.25) is 5.90 Å². The van der Waals surface area contributed by atoms with Gasteiger partial charge in [0.05, 0.1) is 18.7 Å². The Labute approximate surface area is 114 Å². The summed E-state index contributed by atoms with van der Waals surface area (Å²) in [7, 11) is 1.69. The number of rotatable bonds is 3. The predicted molar refractivity (Wildman–Crippen MR) is 75.8 cm³/mol. The van der Waals surface area contributed by atoms with Gasteiger partial charge >= 0.3 is 0 Å². The average Bonchev–Trinajstić information content (AvgIpc) is 2.98. The number of ether oxygens (including phenoxy) is 2. The molecular formula is C16H21NO2. The van der Waals surface area contributed by atoms with Gasteiger partial charge < -0.3 is 9.47 Å². The molecule has 2 aliphatic rings. The topological polar surface area (TPSA) is 30.8 Å². The predicted octanol–water partition coefficient (Wildman–Crippen LogP) is 3.42. The molecule has 102 valence electrons. The van der Waals surface area contributed by atoms with Crippen molar-refractivity contribution < 1.29 is 9.47 Å². The van der Waals surface area contributed by atoms with E-state index >= 15 is 0 Å². The fraction of sp³-hybridized carbons (Fsp3) is 0.562. The van der Waals surface area contributed by atoms with Crippen LogP contribution in [0.1, 0.15) is 37.7 Å². The SMILES string of the molecule is COc1ccccc1C1=NC(C2CCCCC2)CO1. The highest BCUT2D eigenvalue weighted by Crippen LogP contribution is 2.31. The van der Waals surface area contributed by atoms with Crippen molar-refractivity contribution in [2.75, 3.05) is 13.7 Å². The van der Waals surface area contributed by atoms with Crippen LogP contribution in [-0.4, -0.2) is 25.7 Å². The van der Waals surface area contributed by atoms with Gasteiger partial charge in [0, 0.05) is 0 Å². The van der Waals surface area contributed by atoms with Crippen molar-refractivity contribution in [1.29, 1.82) is 0 Å². The molecule has 1 saturated carbocycles. The summed E-state index contributed by atoms with van der Waals surface area (Å²) in [6, 6.07) is 8.28. The highest BCUT2D eigenvalue weighted by molar-refractivity contribution is 5.97. The van der Waals surface area contributed by atoms with Crippen molar-refractivity contribution in [2.24, 2.45) is 10.9 Å². The molecule has 19 heavy (non-hydrogen) atoms. The lowest BCUT2D eigenvalue weighted by atomic mass is 9.84. The van der Waals surface area contributed by atoms with Crippen LogP contribution in [0.15, 0.2) is 29.3 Å². The van der Waals surface area contributed by atoms with Crippen LogP contribution in [-0.2, 0) is 4.74 Å². The van der Waals surface area contributed by atoms with Gasteiger partial charge in [-0.15, -0.1) is 0 Å².